The van der Waals surface area contributed by atoms with Crippen LogP contribution in [0, 0.1) is 0 Å². The maximum absolute atomic E-state index is 6.21. The summed E-state index contributed by atoms with van der Waals surface area (Å²) in [6, 6.07) is 20.3. The summed E-state index contributed by atoms with van der Waals surface area (Å²) in [4.78, 5) is 4.44. The minimum absolute atomic E-state index is 0.490. The molecule has 0 bridgehead atoms. The van der Waals surface area contributed by atoms with Gasteiger partial charge in [-0.2, -0.15) is 4.98 Å². The molecule has 2 aromatic heterocycles. The zero-order valence-corrected chi connectivity index (χ0v) is 19.1. The second-order valence-electron chi connectivity index (χ2n) is 7.99. The summed E-state index contributed by atoms with van der Waals surface area (Å²) in [6.45, 7) is 0. The first-order valence-corrected chi connectivity index (χ1v) is 12.3. The molecular formula is C25H23ClN4OS. The highest BCUT2D eigenvalue weighted by Crippen LogP contribution is 2.33. The molecule has 2 aromatic carbocycles. The maximum Gasteiger partial charge on any atom is 0.237 e. The van der Waals surface area contributed by atoms with E-state index in [9.17, 15) is 0 Å². The summed E-state index contributed by atoms with van der Waals surface area (Å²) >= 11 is 7.72. The summed E-state index contributed by atoms with van der Waals surface area (Å²) < 4.78 is 5.36. The van der Waals surface area contributed by atoms with Gasteiger partial charge >= 0.3 is 0 Å². The average Bonchev–Trinajstić information content (AvgIpc) is 3.33. The molecule has 1 aliphatic carbocycles. The Kier molecular flexibility index (Phi) is 6.51. The molecule has 1 aliphatic rings. The van der Waals surface area contributed by atoms with Crippen LogP contribution in [0.4, 0.5) is 0 Å². The van der Waals surface area contributed by atoms with Crippen molar-refractivity contribution in [2.24, 2.45) is 0 Å². The highest BCUT2D eigenvalue weighted by atomic mass is 35.5. The summed E-state index contributed by atoms with van der Waals surface area (Å²) in [5.41, 5.74) is 4.18. The number of thioether (sulfide) groups is 1. The molecule has 0 saturated heterocycles. The molecule has 7 heteroatoms. The van der Waals surface area contributed by atoms with E-state index in [1.807, 2.05) is 36.4 Å². The lowest BCUT2D eigenvalue weighted by Crippen LogP contribution is -2.04. The smallest absolute Gasteiger partial charge is 0.237 e. The Balaban J connectivity index is 1.20. The molecule has 1 saturated carbocycles. The predicted octanol–water partition coefficient (Wildman–Crippen LogP) is 7.19. The van der Waals surface area contributed by atoms with Gasteiger partial charge < -0.3 is 4.52 Å². The molecule has 0 spiro atoms. The van der Waals surface area contributed by atoms with Crippen LogP contribution in [0.15, 0.2) is 70.2 Å². The van der Waals surface area contributed by atoms with Crippen molar-refractivity contribution in [3.63, 3.8) is 0 Å². The lowest BCUT2D eigenvalue weighted by molar-refractivity contribution is 0.391. The molecule has 0 amide bonds. The molecular weight excluding hydrogens is 440 g/mol. The lowest BCUT2D eigenvalue weighted by atomic mass is 9.84. The molecule has 0 radical (unpaired) electrons. The van der Waals surface area contributed by atoms with Crippen molar-refractivity contribution in [3.8, 4) is 22.6 Å². The Morgan fingerprint density at radius 2 is 1.72 bits per heavy atom. The third-order valence-corrected chi connectivity index (χ3v) is 7.08. The fourth-order valence-electron chi connectivity index (χ4n) is 4.11. The third kappa shape index (κ3) is 4.87. The first-order valence-electron chi connectivity index (χ1n) is 10.9. The van der Waals surface area contributed by atoms with E-state index >= 15 is 0 Å². The Morgan fingerprint density at radius 1 is 0.906 bits per heavy atom. The number of aromatic nitrogens is 4. The topological polar surface area (TPSA) is 64.7 Å². The van der Waals surface area contributed by atoms with Gasteiger partial charge in [0.05, 0.1) is 16.5 Å². The van der Waals surface area contributed by atoms with E-state index in [1.54, 1.807) is 0 Å². The van der Waals surface area contributed by atoms with Gasteiger partial charge in [-0.1, -0.05) is 84.2 Å². The number of hydrogen-bond acceptors (Lipinski definition) is 6. The quantitative estimate of drug-likeness (QED) is 0.282. The summed E-state index contributed by atoms with van der Waals surface area (Å²) in [7, 11) is 0. The van der Waals surface area contributed by atoms with Crippen LogP contribution in [0.2, 0.25) is 5.02 Å². The van der Waals surface area contributed by atoms with E-state index in [-0.39, 0.29) is 0 Å². The van der Waals surface area contributed by atoms with Crippen LogP contribution in [-0.4, -0.2) is 20.3 Å². The van der Waals surface area contributed by atoms with Gasteiger partial charge in [-0.25, -0.2) is 0 Å². The van der Waals surface area contributed by atoms with E-state index in [0.29, 0.717) is 28.4 Å². The van der Waals surface area contributed by atoms with Crippen LogP contribution in [0.5, 0.6) is 0 Å². The molecule has 32 heavy (non-hydrogen) atoms. The van der Waals surface area contributed by atoms with Gasteiger partial charge in [0.15, 0.2) is 0 Å². The van der Waals surface area contributed by atoms with Crippen LogP contribution in [0.3, 0.4) is 0 Å². The molecule has 2 heterocycles. The van der Waals surface area contributed by atoms with E-state index in [4.69, 9.17) is 16.1 Å². The normalized spacial score (nSPS) is 14.5. The van der Waals surface area contributed by atoms with Crippen molar-refractivity contribution in [3.05, 3.63) is 77.1 Å². The second kappa shape index (κ2) is 9.84. The van der Waals surface area contributed by atoms with Crippen molar-refractivity contribution in [1.82, 2.24) is 20.3 Å². The van der Waals surface area contributed by atoms with E-state index in [1.165, 1.54) is 49.4 Å². The number of hydrogen-bond donors (Lipinski definition) is 0. The minimum Gasteiger partial charge on any atom is -0.338 e. The van der Waals surface area contributed by atoms with Gasteiger partial charge in [0.1, 0.15) is 5.03 Å². The van der Waals surface area contributed by atoms with Crippen molar-refractivity contribution >= 4 is 23.4 Å². The predicted molar refractivity (Wildman–Crippen MR) is 128 cm³/mol. The number of nitrogens with zero attached hydrogens (tertiary/aromatic N) is 4. The lowest BCUT2D eigenvalue weighted by Gasteiger charge is -2.22. The van der Waals surface area contributed by atoms with Gasteiger partial charge in [0.25, 0.3) is 0 Å². The van der Waals surface area contributed by atoms with Crippen LogP contribution in [0.25, 0.3) is 22.6 Å². The Labute approximate surface area is 196 Å². The van der Waals surface area contributed by atoms with Gasteiger partial charge in [0, 0.05) is 11.1 Å². The number of halogens is 1. The van der Waals surface area contributed by atoms with Crippen molar-refractivity contribution in [2.75, 3.05) is 0 Å². The molecule has 5 nitrogen and oxygen atoms in total. The molecule has 0 atom stereocenters. The van der Waals surface area contributed by atoms with Gasteiger partial charge in [-0.15, -0.1) is 10.2 Å². The monoisotopic (exact) mass is 462 g/mol. The molecule has 4 aromatic rings. The number of benzene rings is 2. The summed E-state index contributed by atoms with van der Waals surface area (Å²) in [6.07, 6.45) is 6.70. The Morgan fingerprint density at radius 3 is 2.47 bits per heavy atom. The fourth-order valence-corrected chi connectivity index (χ4v) is 4.99. The van der Waals surface area contributed by atoms with Crippen LogP contribution >= 0.6 is 23.4 Å². The highest BCUT2D eigenvalue weighted by Gasteiger charge is 2.16. The zero-order valence-electron chi connectivity index (χ0n) is 17.6. The Bertz CT molecular complexity index is 1170. The first-order chi connectivity index (χ1) is 15.8. The molecule has 0 unspecified atom stereocenters. The zero-order chi connectivity index (χ0) is 21.8. The minimum atomic E-state index is 0.490. The van der Waals surface area contributed by atoms with E-state index < -0.39 is 0 Å². The standard InChI is InChI=1S/C25H23ClN4OS/c26-21-9-5-4-8-20(21)25-27-23(31-30-25)16-32-24-15-14-22(28-29-24)19-12-10-18(11-13-19)17-6-2-1-3-7-17/h4-5,8-15,17H,1-3,6-7,16H2. The van der Waals surface area contributed by atoms with Gasteiger partial charge in [0.2, 0.25) is 11.7 Å². The maximum atomic E-state index is 6.21. The van der Waals surface area contributed by atoms with Crippen LogP contribution in [0.1, 0.15) is 49.5 Å². The highest BCUT2D eigenvalue weighted by molar-refractivity contribution is 7.98. The van der Waals surface area contributed by atoms with Crippen LogP contribution in [-0.2, 0) is 5.75 Å². The van der Waals surface area contributed by atoms with E-state index in [2.05, 4.69) is 44.6 Å². The van der Waals surface area contributed by atoms with Crippen molar-refractivity contribution in [2.45, 2.75) is 48.8 Å². The molecule has 0 aliphatic heterocycles. The van der Waals surface area contributed by atoms with Crippen LogP contribution < -0.4 is 0 Å². The van der Waals surface area contributed by atoms with Crippen molar-refractivity contribution < 1.29 is 4.52 Å². The first kappa shape index (κ1) is 21.2. The molecule has 162 valence electrons. The van der Waals surface area contributed by atoms with Gasteiger partial charge in [-0.05, 0) is 48.6 Å². The second-order valence-corrected chi connectivity index (χ2v) is 9.40. The number of rotatable bonds is 6. The molecule has 1 fully saturated rings. The fraction of sp³-hybridized carbons (Fsp3) is 0.280. The average molecular weight is 463 g/mol. The van der Waals surface area contributed by atoms with Gasteiger partial charge in [-0.3, -0.25) is 0 Å². The third-order valence-electron chi connectivity index (χ3n) is 5.85. The van der Waals surface area contributed by atoms with Crippen molar-refractivity contribution in [1.29, 1.82) is 0 Å². The molecule has 5 rings (SSSR count). The summed E-state index contributed by atoms with van der Waals surface area (Å²) in [5.74, 6) is 2.24. The summed E-state index contributed by atoms with van der Waals surface area (Å²) in [5, 5.41) is 14.2. The molecule has 0 N–H and O–H groups in total. The SMILES string of the molecule is Clc1ccccc1-c1noc(CSc2ccc(-c3ccc(C4CCCCC4)cc3)nn2)n1. The van der Waals surface area contributed by atoms with E-state index in [0.717, 1.165) is 21.8 Å². The Hall–Kier alpha value is -2.70. The largest absolute Gasteiger partial charge is 0.338 e.